The van der Waals surface area contributed by atoms with Crippen LogP contribution in [-0.2, 0) is 4.79 Å². The Kier molecular flexibility index (Phi) is 1.23. The van der Waals surface area contributed by atoms with E-state index >= 15 is 0 Å². The van der Waals surface area contributed by atoms with E-state index in [9.17, 15) is 4.79 Å². The Hall–Kier alpha value is -0.180. The second-order valence-corrected chi connectivity index (χ2v) is 2.35. The summed E-state index contributed by atoms with van der Waals surface area (Å²) < 4.78 is 1.75. The molecule has 0 aliphatic carbocycles. The van der Waals surface area contributed by atoms with Gasteiger partial charge in [0.25, 0.3) is 0 Å². The lowest BCUT2D eigenvalue weighted by atomic mass is 10.6. The van der Waals surface area contributed by atoms with Crippen molar-refractivity contribution in [3.05, 3.63) is 0 Å². The molecule has 1 aliphatic rings. The third-order valence-corrected chi connectivity index (χ3v) is 2.06. The maximum Gasteiger partial charge on any atom is 0.244 e. The average Bonchev–Trinajstić information content (AvgIpc) is 1.65. The molecule has 0 aromatic heterocycles. The van der Waals surface area contributed by atoms with Gasteiger partial charge in [0.05, 0.1) is 5.75 Å². The zero-order chi connectivity index (χ0) is 5.28. The van der Waals surface area contributed by atoms with Crippen LogP contribution in [0.2, 0.25) is 0 Å². The van der Waals surface area contributed by atoms with Gasteiger partial charge in [-0.15, -0.1) is 0 Å². The Bertz CT molecular complexity index is 91.7. The van der Waals surface area contributed by atoms with Crippen LogP contribution in [0.3, 0.4) is 0 Å². The van der Waals surface area contributed by atoms with Crippen molar-refractivity contribution in [2.45, 2.75) is 6.92 Å². The number of carbonyl (C=O) groups is 1. The molecule has 0 atom stereocenters. The van der Waals surface area contributed by atoms with Crippen LogP contribution in [0.4, 0.5) is 0 Å². The van der Waals surface area contributed by atoms with E-state index in [1.807, 2.05) is 6.92 Å². The Labute approximate surface area is 47.0 Å². The fourth-order valence-electron chi connectivity index (χ4n) is 0.476. The highest BCUT2D eigenvalue weighted by molar-refractivity contribution is 8.00. The molecule has 40 valence electrons. The maximum atomic E-state index is 10.4. The van der Waals surface area contributed by atoms with E-state index in [2.05, 4.69) is 0 Å². The second-order valence-electron chi connectivity index (χ2n) is 1.36. The number of amides is 1. The molecule has 1 rings (SSSR count). The molecule has 0 aromatic carbocycles. The van der Waals surface area contributed by atoms with Crippen molar-refractivity contribution >= 4 is 17.9 Å². The van der Waals surface area contributed by atoms with Gasteiger partial charge in [-0.25, -0.2) is 0 Å². The molecule has 1 saturated heterocycles. The third kappa shape index (κ3) is 0.725. The summed E-state index contributed by atoms with van der Waals surface area (Å²) in [6.07, 6.45) is 0. The van der Waals surface area contributed by atoms with Crippen molar-refractivity contribution in [2.75, 3.05) is 12.3 Å². The lowest BCUT2D eigenvalue weighted by molar-refractivity contribution is -0.125. The summed E-state index contributed by atoms with van der Waals surface area (Å²) in [5.74, 6) is 0.959. The minimum atomic E-state index is 0.271. The van der Waals surface area contributed by atoms with Crippen molar-refractivity contribution < 1.29 is 4.79 Å². The fourth-order valence-corrected chi connectivity index (χ4v) is 1.08. The average molecular weight is 117 g/mol. The van der Waals surface area contributed by atoms with E-state index < -0.39 is 0 Å². The zero-order valence-corrected chi connectivity index (χ0v) is 4.99. The van der Waals surface area contributed by atoms with Crippen LogP contribution in [0.1, 0.15) is 6.92 Å². The van der Waals surface area contributed by atoms with Crippen LogP contribution in [0.15, 0.2) is 0 Å². The van der Waals surface area contributed by atoms with E-state index in [0.29, 0.717) is 5.75 Å². The molecule has 0 N–H and O–H groups in total. The molecule has 0 aromatic rings. The van der Waals surface area contributed by atoms with Gasteiger partial charge in [0.1, 0.15) is 0 Å². The molecule has 0 unspecified atom stereocenters. The summed E-state index contributed by atoms with van der Waals surface area (Å²) >= 11 is 1.60. The lowest BCUT2D eigenvalue weighted by Crippen LogP contribution is -2.36. The topological polar surface area (TPSA) is 20.3 Å². The Morgan fingerprint density at radius 1 is 2.00 bits per heavy atom. The van der Waals surface area contributed by atoms with Crippen LogP contribution in [-0.4, -0.2) is 22.5 Å². The fraction of sp³-hybridized carbons (Fsp3) is 0.750. The Morgan fingerprint density at radius 3 is 2.71 bits per heavy atom. The van der Waals surface area contributed by atoms with Crippen molar-refractivity contribution in [1.29, 1.82) is 0 Å². The van der Waals surface area contributed by atoms with Crippen LogP contribution in [0.5, 0.6) is 0 Å². The minimum absolute atomic E-state index is 0.271. The molecule has 1 fully saturated rings. The summed E-state index contributed by atoms with van der Waals surface area (Å²) in [6, 6.07) is 0. The Morgan fingerprint density at radius 2 is 2.71 bits per heavy atom. The lowest BCUT2D eigenvalue weighted by Gasteiger charge is -2.26. The van der Waals surface area contributed by atoms with E-state index in [4.69, 9.17) is 0 Å². The third-order valence-electron chi connectivity index (χ3n) is 0.909. The summed E-state index contributed by atoms with van der Waals surface area (Å²) in [5, 5.41) is 0. The number of rotatable bonds is 1. The van der Waals surface area contributed by atoms with Gasteiger partial charge in [0.15, 0.2) is 0 Å². The summed E-state index contributed by atoms with van der Waals surface area (Å²) in [6.45, 7) is 2.83. The second kappa shape index (κ2) is 1.74. The van der Waals surface area contributed by atoms with Gasteiger partial charge >= 0.3 is 0 Å². The molecular weight excluding hydrogens is 110 g/mol. The Balaban J connectivity index is 2.29. The molecule has 0 radical (unpaired) electrons. The van der Waals surface area contributed by atoms with E-state index in [1.165, 1.54) is 0 Å². The molecule has 1 amide bonds. The molecular formula is C4H7NOS. The van der Waals surface area contributed by atoms with Crippen LogP contribution >= 0.6 is 11.9 Å². The summed E-state index contributed by atoms with van der Waals surface area (Å²) in [5.41, 5.74) is 0. The van der Waals surface area contributed by atoms with Gasteiger partial charge < -0.3 is 0 Å². The predicted molar refractivity (Wildman–Crippen MR) is 29.8 cm³/mol. The van der Waals surface area contributed by atoms with Crippen LogP contribution in [0.25, 0.3) is 0 Å². The molecule has 1 aliphatic heterocycles. The number of nitrogens with zero attached hydrogens (tertiary/aromatic N) is 1. The van der Waals surface area contributed by atoms with Gasteiger partial charge in [-0.1, -0.05) is 0 Å². The van der Waals surface area contributed by atoms with Crippen molar-refractivity contribution in [1.82, 2.24) is 4.31 Å². The number of hydrogen-bond acceptors (Lipinski definition) is 2. The SMILES string of the molecule is CCN1SCC1=O. The highest BCUT2D eigenvalue weighted by Crippen LogP contribution is 2.20. The molecule has 0 saturated carbocycles. The standard InChI is InChI=1S/C4H7NOS/c1-2-5-4(6)3-7-5/h2-3H2,1H3. The van der Waals surface area contributed by atoms with Gasteiger partial charge in [0.2, 0.25) is 5.91 Å². The number of hydrogen-bond donors (Lipinski definition) is 0. The van der Waals surface area contributed by atoms with E-state index in [1.54, 1.807) is 16.3 Å². The molecule has 7 heavy (non-hydrogen) atoms. The quantitative estimate of drug-likeness (QED) is 0.466. The first-order valence-corrected chi connectivity index (χ1v) is 3.22. The van der Waals surface area contributed by atoms with Crippen molar-refractivity contribution in [3.8, 4) is 0 Å². The summed E-state index contributed by atoms with van der Waals surface area (Å²) in [7, 11) is 0. The van der Waals surface area contributed by atoms with E-state index in [-0.39, 0.29) is 5.91 Å². The van der Waals surface area contributed by atoms with Crippen LogP contribution in [0, 0.1) is 0 Å². The predicted octanol–water partition coefficient (Wildman–Crippen LogP) is 0.497. The van der Waals surface area contributed by atoms with E-state index in [0.717, 1.165) is 6.54 Å². The largest absolute Gasteiger partial charge is 0.285 e. The summed E-state index contributed by atoms with van der Waals surface area (Å²) in [4.78, 5) is 10.4. The first-order chi connectivity index (χ1) is 3.34. The van der Waals surface area contributed by atoms with Gasteiger partial charge in [-0.2, -0.15) is 0 Å². The highest BCUT2D eigenvalue weighted by Gasteiger charge is 2.22. The first kappa shape index (κ1) is 4.97. The van der Waals surface area contributed by atoms with Gasteiger partial charge in [-0.05, 0) is 18.9 Å². The van der Waals surface area contributed by atoms with Gasteiger partial charge in [0, 0.05) is 6.54 Å². The monoisotopic (exact) mass is 117 g/mol. The van der Waals surface area contributed by atoms with Gasteiger partial charge in [-0.3, -0.25) is 9.10 Å². The van der Waals surface area contributed by atoms with Crippen molar-refractivity contribution in [2.24, 2.45) is 0 Å². The smallest absolute Gasteiger partial charge is 0.244 e. The minimum Gasteiger partial charge on any atom is -0.285 e. The zero-order valence-electron chi connectivity index (χ0n) is 4.18. The molecule has 2 nitrogen and oxygen atoms in total. The molecule has 1 heterocycles. The van der Waals surface area contributed by atoms with Crippen molar-refractivity contribution in [3.63, 3.8) is 0 Å². The molecule has 0 spiro atoms. The first-order valence-electron chi connectivity index (χ1n) is 2.28. The molecule has 3 heteroatoms. The van der Waals surface area contributed by atoms with Crippen LogP contribution < -0.4 is 0 Å². The number of carbonyl (C=O) groups excluding carboxylic acids is 1. The molecule has 0 bridgehead atoms. The highest BCUT2D eigenvalue weighted by atomic mass is 32.2. The maximum absolute atomic E-state index is 10.4. The normalized spacial score (nSPS) is 19.6.